The molecular formula is C18H26F3IN4O3. The zero-order valence-electron chi connectivity index (χ0n) is 16.3. The van der Waals surface area contributed by atoms with Crippen LogP contribution in [0.25, 0.3) is 0 Å². The van der Waals surface area contributed by atoms with E-state index in [0.29, 0.717) is 31.7 Å². The van der Waals surface area contributed by atoms with Gasteiger partial charge in [-0.1, -0.05) is 0 Å². The van der Waals surface area contributed by atoms with Crippen LogP contribution in [0, 0.1) is 23.4 Å². The lowest BCUT2D eigenvalue weighted by Crippen LogP contribution is -2.43. The summed E-state index contributed by atoms with van der Waals surface area (Å²) < 4.78 is 50.3. The molecule has 0 radical (unpaired) electrons. The van der Waals surface area contributed by atoms with Crippen molar-refractivity contribution in [1.82, 2.24) is 10.2 Å². The van der Waals surface area contributed by atoms with E-state index >= 15 is 0 Å². The third kappa shape index (κ3) is 7.63. The summed E-state index contributed by atoms with van der Waals surface area (Å²) in [7, 11) is 3.21. The number of hydrogen-bond acceptors (Lipinski definition) is 4. The van der Waals surface area contributed by atoms with Crippen molar-refractivity contribution in [3.05, 3.63) is 29.6 Å². The largest absolute Gasteiger partial charge is 0.382 e. The summed E-state index contributed by atoms with van der Waals surface area (Å²) in [6.45, 7) is 3.00. The molecule has 1 amide bonds. The van der Waals surface area contributed by atoms with Gasteiger partial charge in [0.1, 0.15) is 0 Å². The average molecular weight is 530 g/mol. The molecule has 1 aromatic rings. The Morgan fingerprint density at radius 2 is 2.03 bits per heavy atom. The van der Waals surface area contributed by atoms with E-state index in [2.05, 4.69) is 15.6 Å². The molecule has 1 aromatic carbocycles. The number of aliphatic imine (C=N–C) groups is 1. The number of nitrogens with one attached hydrogen (secondary N) is 2. The van der Waals surface area contributed by atoms with E-state index in [1.165, 1.54) is 0 Å². The second kappa shape index (κ2) is 12.9. The van der Waals surface area contributed by atoms with E-state index in [-0.39, 0.29) is 30.5 Å². The van der Waals surface area contributed by atoms with Crippen LogP contribution in [-0.4, -0.2) is 70.4 Å². The van der Waals surface area contributed by atoms with Crippen LogP contribution in [0.15, 0.2) is 17.1 Å². The molecular weight excluding hydrogens is 504 g/mol. The number of carbonyl (C=O) groups is 1. The highest BCUT2D eigenvalue weighted by Gasteiger charge is 2.25. The maximum absolute atomic E-state index is 13.6. The SMILES string of the molecule is CN=C(NCC(=O)Nc1ccc(F)c(F)c1F)N1CCC(COCCOC)C1.I. The number of nitrogens with zero attached hydrogens (tertiary/aromatic N) is 2. The van der Waals surface area contributed by atoms with Crippen molar-refractivity contribution in [3.63, 3.8) is 0 Å². The number of hydrogen-bond donors (Lipinski definition) is 2. The fourth-order valence-corrected chi connectivity index (χ4v) is 2.86. The van der Waals surface area contributed by atoms with E-state index < -0.39 is 29.0 Å². The number of methoxy groups -OCH3 is 1. The van der Waals surface area contributed by atoms with Crippen LogP contribution in [0.4, 0.5) is 18.9 Å². The molecule has 11 heteroatoms. The summed E-state index contributed by atoms with van der Waals surface area (Å²) in [5.74, 6) is -4.11. The molecule has 1 saturated heterocycles. The van der Waals surface area contributed by atoms with Gasteiger partial charge in [-0.15, -0.1) is 24.0 Å². The maximum Gasteiger partial charge on any atom is 0.243 e. The molecule has 0 aliphatic carbocycles. The Labute approximate surface area is 185 Å². The number of ether oxygens (including phenoxy) is 2. The minimum atomic E-state index is -1.63. The molecule has 0 saturated carbocycles. The van der Waals surface area contributed by atoms with E-state index in [0.717, 1.165) is 31.6 Å². The van der Waals surface area contributed by atoms with Crippen LogP contribution in [0.3, 0.4) is 0 Å². The fourth-order valence-electron chi connectivity index (χ4n) is 2.86. The molecule has 0 bridgehead atoms. The van der Waals surface area contributed by atoms with Gasteiger partial charge in [-0.2, -0.15) is 0 Å². The highest BCUT2D eigenvalue weighted by Crippen LogP contribution is 2.19. The minimum Gasteiger partial charge on any atom is -0.382 e. The highest BCUT2D eigenvalue weighted by atomic mass is 127. The monoisotopic (exact) mass is 530 g/mol. The lowest BCUT2D eigenvalue weighted by molar-refractivity contribution is -0.115. The number of carbonyl (C=O) groups excluding carboxylic acids is 1. The van der Waals surface area contributed by atoms with Crippen LogP contribution in [-0.2, 0) is 14.3 Å². The van der Waals surface area contributed by atoms with Crippen LogP contribution in [0.5, 0.6) is 0 Å². The molecule has 2 N–H and O–H groups in total. The van der Waals surface area contributed by atoms with Gasteiger partial charge in [-0.05, 0) is 18.6 Å². The minimum absolute atomic E-state index is 0. The number of benzene rings is 1. The van der Waals surface area contributed by atoms with Gasteiger partial charge in [-0.25, -0.2) is 13.2 Å². The van der Waals surface area contributed by atoms with Gasteiger partial charge in [0.15, 0.2) is 23.4 Å². The Balaban J connectivity index is 0.00000420. The molecule has 2 rings (SSSR count). The van der Waals surface area contributed by atoms with Crippen LogP contribution >= 0.6 is 24.0 Å². The summed E-state index contributed by atoms with van der Waals surface area (Å²) >= 11 is 0. The number of likely N-dealkylation sites (tertiary alicyclic amines) is 1. The fraction of sp³-hybridized carbons (Fsp3) is 0.556. The summed E-state index contributed by atoms with van der Waals surface area (Å²) in [5.41, 5.74) is -0.421. The summed E-state index contributed by atoms with van der Waals surface area (Å²) in [4.78, 5) is 18.1. The molecule has 0 aromatic heterocycles. The number of amides is 1. The van der Waals surface area contributed by atoms with Gasteiger partial charge in [0.25, 0.3) is 0 Å². The van der Waals surface area contributed by atoms with Gasteiger partial charge in [0, 0.05) is 33.2 Å². The smallest absolute Gasteiger partial charge is 0.243 e. The Hall–Kier alpha value is -1.60. The molecule has 1 fully saturated rings. The van der Waals surface area contributed by atoms with Gasteiger partial charge in [0.05, 0.1) is 32.1 Å². The topological polar surface area (TPSA) is 75.2 Å². The Morgan fingerprint density at radius 1 is 1.28 bits per heavy atom. The Bertz CT molecular complexity index is 709. The number of rotatable bonds is 8. The number of guanidine groups is 1. The van der Waals surface area contributed by atoms with Gasteiger partial charge in [0.2, 0.25) is 5.91 Å². The summed E-state index contributed by atoms with van der Waals surface area (Å²) in [5, 5.41) is 5.10. The molecule has 7 nitrogen and oxygen atoms in total. The molecule has 164 valence electrons. The van der Waals surface area contributed by atoms with Crippen molar-refractivity contribution in [2.24, 2.45) is 10.9 Å². The third-order valence-electron chi connectivity index (χ3n) is 4.30. The molecule has 1 atom stereocenters. The third-order valence-corrected chi connectivity index (χ3v) is 4.30. The standard InChI is InChI=1S/C18H25F3N4O3.HI/c1-22-18(25-6-5-12(10-25)11-28-8-7-27-2)23-9-15(26)24-14-4-3-13(19)16(20)17(14)21;/h3-4,12H,5-11H2,1-2H3,(H,22,23)(H,24,26);1H. The first-order valence-corrected chi connectivity index (χ1v) is 8.91. The van der Waals surface area contributed by atoms with Crippen LogP contribution in [0.1, 0.15) is 6.42 Å². The summed E-state index contributed by atoms with van der Waals surface area (Å²) in [6, 6.07) is 1.72. The first kappa shape index (κ1) is 25.4. The van der Waals surface area contributed by atoms with Crippen molar-refractivity contribution >= 4 is 41.5 Å². The van der Waals surface area contributed by atoms with Gasteiger partial charge >= 0.3 is 0 Å². The molecule has 1 unspecified atom stereocenters. The molecule has 0 spiro atoms. The van der Waals surface area contributed by atoms with E-state index in [4.69, 9.17) is 9.47 Å². The highest BCUT2D eigenvalue weighted by molar-refractivity contribution is 14.0. The van der Waals surface area contributed by atoms with Crippen molar-refractivity contribution in [2.45, 2.75) is 6.42 Å². The predicted octanol–water partition coefficient (Wildman–Crippen LogP) is 2.22. The van der Waals surface area contributed by atoms with Crippen LogP contribution in [0.2, 0.25) is 0 Å². The first-order chi connectivity index (χ1) is 13.5. The van der Waals surface area contributed by atoms with Crippen molar-refractivity contribution in [3.8, 4) is 0 Å². The van der Waals surface area contributed by atoms with E-state index in [1.54, 1.807) is 14.2 Å². The number of anilines is 1. The van der Waals surface area contributed by atoms with Crippen molar-refractivity contribution < 1.29 is 27.4 Å². The van der Waals surface area contributed by atoms with Gasteiger partial charge in [-0.3, -0.25) is 9.79 Å². The van der Waals surface area contributed by atoms with Crippen molar-refractivity contribution in [2.75, 3.05) is 58.9 Å². The quantitative estimate of drug-likeness (QED) is 0.177. The molecule has 29 heavy (non-hydrogen) atoms. The zero-order chi connectivity index (χ0) is 20.5. The van der Waals surface area contributed by atoms with Crippen LogP contribution < -0.4 is 10.6 Å². The van der Waals surface area contributed by atoms with E-state index in [1.807, 2.05) is 4.90 Å². The molecule has 1 heterocycles. The normalized spacial score (nSPS) is 16.5. The lowest BCUT2D eigenvalue weighted by Gasteiger charge is -2.21. The lowest BCUT2D eigenvalue weighted by atomic mass is 10.1. The first-order valence-electron chi connectivity index (χ1n) is 8.91. The maximum atomic E-state index is 13.6. The average Bonchev–Trinajstić information content (AvgIpc) is 3.15. The van der Waals surface area contributed by atoms with Gasteiger partial charge < -0.3 is 25.0 Å². The summed E-state index contributed by atoms with van der Waals surface area (Å²) in [6.07, 6.45) is 0.931. The Kier molecular flexibility index (Phi) is 11.3. The second-order valence-electron chi connectivity index (χ2n) is 6.34. The van der Waals surface area contributed by atoms with E-state index in [9.17, 15) is 18.0 Å². The Morgan fingerprint density at radius 3 is 2.72 bits per heavy atom. The molecule has 1 aliphatic heterocycles. The zero-order valence-corrected chi connectivity index (χ0v) is 18.7. The number of halogens is 4. The second-order valence-corrected chi connectivity index (χ2v) is 6.34. The predicted molar refractivity (Wildman–Crippen MR) is 114 cm³/mol. The molecule has 1 aliphatic rings. The van der Waals surface area contributed by atoms with Crippen molar-refractivity contribution in [1.29, 1.82) is 0 Å².